The van der Waals surface area contributed by atoms with E-state index >= 15 is 0 Å². The lowest BCUT2D eigenvalue weighted by molar-refractivity contribution is -0.117. The molecule has 0 fully saturated rings. The lowest BCUT2D eigenvalue weighted by Crippen LogP contribution is -2.06. The third-order valence-corrected chi connectivity index (χ3v) is 1.18. The Morgan fingerprint density at radius 2 is 2.55 bits per heavy atom. The fourth-order valence-corrected chi connectivity index (χ4v) is 0.737. The molecule has 2 N–H and O–H groups in total. The molecule has 0 amide bonds. The van der Waals surface area contributed by atoms with Gasteiger partial charge in [-0.2, -0.15) is 0 Å². The van der Waals surface area contributed by atoms with Gasteiger partial charge in [0.2, 0.25) is 0 Å². The molecular formula is C6H10N4O. The van der Waals surface area contributed by atoms with Crippen LogP contribution in [-0.2, 0) is 17.9 Å². The predicted octanol–water partition coefficient (Wildman–Crippen LogP) is -0.674. The number of hydrogen-bond acceptors (Lipinski definition) is 4. The average Bonchev–Trinajstić information content (AvgIpc) is 2.34. The van der Waals surface area contributed by atoms with Crippen LogP contribution in [0.2, 0.25) is 0 Å². The van der Waals surface area contributed by atoms with E-state index in [4.69, 9.17) is 5.73 Å². The zero-order valence-electron chi connectivity index (χ0n) is 6.32. The summed E-state index contributed by atoms with van der Waals surface area (Å²) in [4.78, 5) is 10.6. The van der Waals surface area contributed by atoms with Gasteiger partial charge < -0.3 is 5.73 Å². The van der Waals surface area contributed by atoms with E-state index in [-0.39, 0.29) is 12.3 Å². The van der Waals surface area contributed by atoms with E-state index in [1.165, 1.54) is 11.6 Å². The van der Waals surface area contributed by atoms with Crippen LogP contribution in [0.5, 0.6) is 0 Å². The number of rotatable bonds is 3. The quantitative estimate of drug-likeness (QED) is 0.626. The molecule has 60 valence electrons. The largest absolute Gasteiger partial charge is 0.325 e. The Bertz CT molecular complexity index is 255. The highest BCUT2D eigenvalue weighted by atomic mass is 16.1. The van der Waals surface area contributed by atoms with Gasteiger partial charge in [-0.3, -0.25) is 4.79 Å². The van der Waals surface area contributed by atoms with E-state index in [2.05, 4.69) is 10.3 Å². The minimum absolute atomic E-state index is 0.0541. The summed E-state index contributed by atoms with van der Waals surface area (Å²) < 4.78 is 1.48. The smallest absolute Gasteiger partial charge is 0.151 e. The normalized spacial score (nSPS) is 10.0. The van der Waals surface area contributed by atoms with Crippen molar-refractivity contribution in [3.63, 3.8) is 0 Å². The van der Waals surface area contributed by atoms with E-state index in [1.54, 1.807) is 6.20 Å². The van der Waals surface area contributed by atoms with Crippen LogP contribution < -0.4 is 5.73 Å². The van der Waals surface area contributed by atoms with Gasteiger partial charge in [0.1, 0.15) is 6.54 Å². The average molecular weight is 154 g/mol. The summed E-state index contributed by atoms with van der Waals surface area (Å²) >= 11 is 0. The van der Waals surface area contributed by atoms with Crippen molar-refractivity contribution < 1.29 is 4.79 Å². The monoisotopic (exact) mass is 154 g/mol. The second kappa shape index (κ2) is 3.25. The third kappa shape index (κ3) is 2.12. The first-order chi connectivity index (χ1) is 5.22. The van der Waals surface area contributed by atoms with Crippen molar-refractivity contribution >= 4 is 5.78 Å². The Kier molecular flexibility index (Phi) is 2.32. The van der Waals surface area contributed by atoms with Gasteiger partial charge in [-0.05, 0) is 6.92 Å². The zero-order chi connectivity index (χ0) is 8.27. The van der Waals surface area contributed by atoms with Crippen molar-refractivity contribution in [3.05, 3.63) is 11.9 Å². The Morgan fingerprint density at radius 1 is 1.82 bits per heavy atom. The highest BCUT2D eigenvalue weighted by Gasteiger charge is 1.99. The van der Waals surface area contributed by atoms with E-state index in [1.807, 2.05) is 0 Å². The first kappa shape index (κ1) is 7.87. The lowest BCUT2D eigenvalue weighted by Gasteiger charge is -1.91. The first-order valence-corrected chi connectivity index (χ1v) is 3.31. The predicted molar refractivity (Wildman–Crippen MR) is 38.6 cm³/mol. The number of Topliss-reactive ketones (excluding diaryl/α,β-unsaturated/α-hetero) is 1. The molecule has 1 aromatic rings. The van der Waals surface area contributed by atoms with Crippen LogP contribution in [0.3, 0.4) is 0 Å². The summed E-state index contributed by atoms with van der Waals surface area (Å²) in [7, 11) is 0. The number of nitrogens with zero attached hydrogens (tertiary/aromatic N) is 3. The molecule has 11 heavy (non-hydrogen) atoms. The number of carbonyl (C=O) groups is 1. The van der Waals surface area contributed by atoms with Crippen molar-refractivity contribution in [2.45, 2.75) is 20.0 Å². The molecule has 0 aromatic carbocycles. The highest BCUT2D eigenvalue weighted by molar-refractivity contribution is 5.75. The van der Waals surface area contributed by atoms with E-state index < -0.39 is 0 Å². The minimum atomic E-state index is 0.0541. The van der Waals surface area contributed by atoms with Crippen molar-refractivity contribution in [1.82, 2.24) is 15.0 Å². The van der Waals surface area contributed by atoms with Crippen LogP contribution in [0, 0.1) is 0 Å². The maximum absolute atomic E-state index is 10.6. The van der Waals surface area contributed by atoms with Gasteiger partial charge in [0, 0.05) is 6.54 Å². The van der Waals surface area contributed by atoms with Crippen LogP contribution in [-0.4, -0.2) is 20.8 Å². The summed E-state index contributed by atoms with van der Waals surface area (Å²) in [5, 5.41) is 7.42. The molecule has 5 heteroatoms. The van der Waals surface area contributed by atoms with Gasteiger partial charge in [-0.15, -0.1) is 5.10 Å². The second-order valence-electron chi connectivity index (χ2n) is 2.31. The van der Waals surface area contributed by atoms with Gasteiger partial charge in [0.15, 0.2) is 5.78 Å². The van der Waals surface area contributed by atoms with Crippen LogP contribution >= 0.6 is 0 Å². The molecule has 0 bridgehead atoms. The topological polar surface area (TPSA) is 73.8 Å². The van der Waals surface area contributed by atoms with Gasteiger partial charge in [0.05, 0.1) is 11.9 Å². The van der Waals surface area contributed by atoms with Crippen molar-refractivity contribution in [3.8, 4) is 0 Å². The number of hydrogen-bond donors (Lipinski definition) is 1. The summed E-state index contributed by atoms with van der Waals surface area (Å²) in [6.07, 6.45) is 1.67. The molecular weight excluding hydrogens is 144 g/mol. The second-order valence-corrected chi connectivity index (χ2v) is 2.31. The van der Waals surface area contributed by atoms with Gasteiger partial charge >= 0.3 is 0 Å². The first-order valence-electron chi connectivity index (χ1n) is 3.31. The van der Waals surface area contributed by atoms with Gasteiger partial charge in [0.25, 0.3) is 0 Å². The van der Waals surface area contributed by atoms with Crippen molar-refractivity contribution in [1.29, 1.82) is 0 Å². The number of aromatic nitrogens is 3. The Labute approximate surface area is 64.2 Å². The molecule has 0 saturated heterocycles. The molecule has 0 saturated carbocycles. The summed E-state index contributed by atoms with van der Waals surface area (Å²) in [6, 6.07) is 0. The Balaban J connectivity index is 2.65. The molecule has 0 unspecified atom stereocenters. The molecule has 0 aliphatic rings. The molecule has 0 aliphatic heterocycles. The molecule has 1 rings (SSSR count). The Hall–Kier alpha value is -1.23. The molecule has 5 nitrogen and oxygen atoms in total. The Morgan fingerprint density at radius 3 is 3.00 bits per heavy atom. The van der Waals surface area contributed by atoms with E-state index in [0.29, 0.717) is 12.2 Å². The summed E-state index contributed by atoms with van der Waals surface area (Å²) in [5.41, 5.74) is 5.99. The molecule has 1 heterocycles. The zero-order valence-corrected chi connectivity index (χ0v) is 6.32. The molecule has 0 atom stereocenters. The minimum Gasteiger partial charge on any atom is -0.325 e. The lowest BCUT2D eigenvalue weighted by atomic mass is 10.4. The van der Waals surface area contributed by atoms with E-state index in [9.17, 15) is 4.79 Å². The van der Waals surface area contributed by atoms with Crippen LogP contribution in [0.4, 0.5) is 0 Å². The molecule has 1 aromatic heterocycles. The fourth-order valence-electron chi connectivity index (χ4n) is 0.737. The van der Waals surface area contributed by atoms with Crippen LogP contribution in [0.1, 0.15) is 12.6 Å². The summed E-state index contributed by atoms with van der Waals surface area (Å²) in [5.74, 6) is 0.0541. The SMILES string of the molecule is CC(=O)Cn1cc(CN)nn1. The standard InChI is InChI=1S/C6H10N4O/c1-5(11)3-10-4-6(2-7)8-9-10/h4H,2-3,7H2,1H3. The summed E-state index contributed by atoms with van der Waals surface area (Å²) in [6.45, 7) is 2.13. The fraction of sp³-hybridized carbons (Fsp3) is 0.500. The maximum atomic E-state index is 10.6. The van der Waals surface area contributed by atoms with Crippen molar-refractivity contribution in [2.24, 2.45) is 5.73 Å². The van der Waals surface area contributed by atoms with Crippen molar-refractivity contribution in [2.75, 3.05) is 0 Å². The molecule has 0 aliphatic carbocycles. The molecule has 0 radical (unpaired) electrons. The highest BCUT2D eigenvalue weighted by Crippen LogP contribution is 1.90. The van der Waals surface area contributed by atoms with Crippen LogP contribution in [0.15, 0.2) is 6.20 Å². The molecule has 0 spiro atoms. The van der Waals surface area contributed by atoms with E-state index in [0.717, 1.165) is 0 Å². The number of nitrogens with two attached hydrogens (primary N) is 1. The van der Waals surface area contributed by atoms with Crippen LogP contribution in [0.25, 0.3) is 0 Å². The van der Waals surface area contributed by atoms with Gasteiger partial charge in [-0.25, -0.2) is 4.68 Å². The van der Waals surface area contributed by atoms with Gasteiger partial charge in [-0.1, -0.05) is 5.21 Å². The number of carbonyl (C=O) groups excluding carboxylic acids is 1. The number of ketones is 1. The maximum Gasteiger partial charge on any atom is 0.151 e. The third-order valence-electron chi connectivity index (χ3n) is 1.18.